The van der Waals surface area contributed by atoms with Crippen LogP contribution in [0.2, 0.25) is 0 Å². The van der Waals surface area contributed by atoms with E-state index < -0.39 is 59.7 Å². The van der Waals surface area contributed by atoms with E-state index in [2.05, 4.69) is 0 Å². The van der Waals surface area contributed by atoms with E-state index in [9.17, 15) is 34.8 Å². The summed E-state index contributed by atoms with van der Waals surface area (Å²) >= 11 is 0. The number of nitrogens with zero attached hydrogens (tertiary/aromatic N) is 1. The number of benzene rings is 1. The van der Waals surface area contributed by atoms with Crippen molar-refractivity contribution < 1.29 is 39.5 Å². The van der Waals surface area contributed by atoms with Gasteiger partial charge >= 0.3 is 0 Å². The van der Waals surface area contributed by atoms with Gasteiger partial charge in [0.05, 0.1) is 25.2 Å². The number of likely N-dealkylation sites (N-methyl/N-ethyl adjacent to an activating group) is 1. The zero-order valence-corrected chi connectivity index (χ0v) is 18.9. The van der Waals surface area contributed by atoms with Gasteiger partial charge in [0.2, 0.25) is 11.7 Å². The topological polar surface area (TPSA) is 171 Å². The maximum absolute atomic E-state index is 13.7. The molecule has 4 atom stereocenters. The van der Waals surface area contributed by atoms with Crippen molar-refractivity contribution in [2.24, 2.45) is 17.6 Å². The highest BCUT2D eigenvalue weighted by atomic mass is 16.5. The Hall–Kier alpha value is -2.79. The van der Waals surface area contributed by atoms with E-state index >= 15 is 0 Å². The van der Waals surface area contributed by atoms with Crippen molar-refractivity contribution in [2.75, 3.05) is 27.8 Å². The lowest BCUT2D eigenvalue weighted by molar-refractivity contribution is -0.163. The summed E-state index contributed by atoms with van der Waals surface area (Å²) in [6.07, 6.45) is -0.560. The molecule has 0 heterocycles. The van der Waals surface area contributed by atoms with Crippen LogP contribution in [-0.2, 0) is 32.1 Å². The average molecular weight is 462 g/mol. The molecule has 6 N–H and O–H groups in total. The third-order valence-corrected chi connectivity index (χ3v) is 6.78. The number of ether oxygens (including phenoxy) is 1. The number of phenolic OH excluding ortho intramolecular Hbond substituents is 1. The Balaban J connectivity index is 2.23. The molecular weight excluding hydrogens is 432 g/mol. The second kappa shape index (κ2) is 9.22. The fourth-order valence-electron chi connectivity index (χ4n) is 5.20. The molecule has 1 saturated carbocycles. The molecule has 10 heteroatoms. The van der Waals surface area contributed by atoms with Crippen molar-refractivity contribution in [1.82, 2.24) is 4.90 Å². The number of fused-ring (bicyclic) bond motifs is 2. The summed E-state index contributed by atoms with van der Waals surface area (Å²) in [4.78, 5) is 39.7. The molecule has 0 saturated heterocycles. The molecule has 0 bridgehead atoms. The number of hydrogen-bond donors (Lipinski definition) is 5. The van der Waals surface area contributed by atoms with Gasteiger partial charge in [-0.1, -0.05) is 6.07 Å². The fourth-order valence-corrected chi connectivity index (χ4v) is 5.20. The van der Waals surface area contributed by atoms with Crippen molar-refractivity contribution in [2.45, 2.75) is 37.5 Å². The Labute approximate surface area is 191 Å². The molecule has 2 aliphatic rings. The molecule has 0 aromatic heterocycles. The molecule has 1 aromatic carbocycles. The Morgan fingerprint density at radius 1 is 1.30 bits per heavy atom. The first-order chi connectivity index (χ1) is 15.5. The molecule has 3 rings (SSSR count). The minimum absolute atomic E-state index is 0.0543. The van der Waals surface area contributed by atoms with Crippen LogP contribution in [0.5, 0.6) is 5.75 Å². The van der Waals surface area contributed by atoms with Gasteiger partial charge < -0.3 is 35.8 Å². The summed E-state index contributed by atoms with van der Waals surface area (Å²) in [5.41, 5.74) is 3.68. The first-order valence-electron chi connectivity index (χ1n) is 10.6. The van der Waals surface area contributed by atoms with Gasteiger partial charge in [0, 0.05) is 24.6 Å². The summed E-state index contributed by atoms with van der Waals surface area (Å²) in [5.74, 6) is -5.58. The Bertz CT molecular complexity index is 1020. The molecule has 10 nitrogen and oxygen atoms in total. The number of primary amides is 1. The second-order valence-electron chi connectivity index (χ2n) is 8.91. The molecule has 2 aliphatic carbocycles. The van der Waals surface area contributed by atoms with Gasteiger partial charge in [-0.2, -0.15) is 0 Å². The molecule has 0 aliphatic heterocycles. The number of methoxy groups -OCH3 is 1. The molecular formula is C23H30N2O8. The predicted molar refractivity (Wildman–Crippen MR) is 117 cm³/mol. The number of aliphatic hydroxyl groups is 3. The Kier molecular flexibility index (Phi) is 6.94. The van der Waals surface area contributed by atoms with Crippen molar-refractivity contribution in [3.8, 4) is 5.75 Å². The SMILES string of the molecule is COCc1ccc(O)c2c1C[C@H]1C[C@@H]([C@@H](CO)N(C)C)[C@@](O)(C(=O)CC(N)=O)C(=O)C1=C2O. The summed E-state index contributed by atoms with van der Waals surface area (Å²) in [6.45, 7) is -0.242. The Morgan fingerprint density at radius 2 is 1.97 bits per heavy atom. The van der Waals surface area contributed by atoms with Crippen molar-refractivity contribution in [3.63, 3.8) is 0 Å². The third kappa shape index (κ3) is 4.04. The molecule has 33 heavy (non-hydrogen) atoms. The lowest BCUT2D eigenvalue weighted by atomic mass is 9.59. The summed E-state index contributed by atoms with van der Waals surface area (Å²) in [7, 11) is 4.78. The number of Topliss-reactive ketones (excluding diaryl/α,β-unsaturated/α-hetero) is 2. The largest absolute Gasteiger partial charge is 0.507 e. The highest BCUT2D eigenvalue weighted by Gasteiger charge is 2.60. The maximum Gasteiger partial charge on any atom is 0.225 e. The highest BCUT2D eigenvalue weighted by molar-refractivity contribution is 6.23. The van der Waals surface area contributed by atoms with Crippen LogP contribution in [0.25, 0.3) is 5.76 Å². The third-order valence-electron chi connectivity index (χ3n) is 6.78. The quantitative estimate of drug-likeness (QED) is 0.324. The maximum atomic E-state index is 13.7. The van der Waals surface area contributed by atoms with Gasteiger partial charge in [0.25, 0.3) is 0 Å². The highest BCUT2D eigenvalue weighted by Crippen LogP contribution is 2.49. The standard InChI is InChI=1S/C23H30N2O8/c1-25(2)15(9-26)14-7-12-6-13-11(10-33-3)4-5-16(27)20(13)21(30)19(12)22(31)23(14,32)17(28)8-18(24)29/h4-5,12,14-15,26-27,30,32H,6-10H2,1-3H3,(H2,24,29)/t12-,14-,15+,23+/m0/s1. The molecule has 1 amide bonds. The number of aromatic hydroxyl groups is 1. The number of ketones is 2. The van der Waals surface area contributed by atoms with Crippen LogP contribution < -0.4 is 5.73 Å². The van der Waals surface area contributed by atoms with Crippen molar-refractivity contribution in [3.05, 3.63) is 34.4 Å². The molecule has 180 valence electrons. The van der Waals surface area contributed by atoms with E-state index in [1.54, 1.807) is 25.1 Å². The van der Waals surface area contributed by atoms with Crippen LogP contribution in [0, 0.1) is 11.8 Å². The Morgan fingerprint density at radius 3 is 2.52 bits per heavy atom. The summed E-state index contributed by atoms with van der Waals surface area (Å²) in [6, 6.07) is 2.25. The van der Waals surface area contributed by atoms with Crippen LogP contribution in [0.1, 0.15) is 29.5 Å². The van der Waals surface area contributed by atoms with E-state index in [0.717, 1.165) is 5.56 Å². The van der Waals surface area contributed by atoms with Crippen LogP contribution in [0.15, 0.2) is 17.7 Å². The van der Waals surface area contributed by atoms with Crippen molar-refractivity contribution in [1.29, 1.82) is 0 Å². The van der Waals surface area contributed by atoms with Gasteiger partial charge in [-0.3, -0.25) is 14.4 Å². The number of carbonyl (C=O) groups excluding carboxylic acids is 3. The zero-order valence-electron chi connectivity index (χ0n) is 18.9. The van der Waals surface area contributed by atoms with E-state index in [4.69, 9.17) is 10.5 Å². The van der Waals surface area contributed by atoms with Crippen LogP contribution in [0.3, 0.4) is 0 Å². The van der Waals surface area contributed by atoms with Gasteiger partial charge in [0.1, 0.15) is 11.5 Å². The van der Waals surface area contributed by atoms with E-state index in [1.165, 1.54) is 13.2 Å². The first kappa shape index (κ1) is 24.8. The second-order valence-corrected chi connectivity index (χ2v) is 8.91. The van der Waals surface area contributed by atoms with E-state index in [-0.39, 0.29) is 36.3 Å². The van der Waals surface area contributed by atoms with E-state index in [0.29, 0.717) is 5.56 Å². The molecule has 1 fully saturated rings. The van der Waals surface area contributed by atoms with Crippen LogP contribution in [0.4, 0.5) is 0 Å². The lowest BCUT2D eigenvalue weighted by Crippen LogP contribution is -2.64. The van der Waals surface area contributed by atoms with Crippen molar-refractivity contribution >= 4 is 23.2 Å². The number of amides is 1. The van der Waals surface area contributed by atoms with Gasteiger partial charge in [-0.05, 0) is 50.0 Å². The van der Waals surface area contributed by atoms with Gasteiger partial charge in [0.15, 0.2) is 11.4 Å². The minimum atomic E-state index is -2.68. The number of hydrogen-bond acceptors (Lipinski definition) is 9. The lowest BCUT2D eigenvalue weighted by Gasteiger charge is -2.47. The van der Waals surface area contributed by atoms with Gasteiger partial charge in [-0.15, -0.1) is 0 Å². The summed E-state index contributed by atoms with van der Waals surface area (Å²) < 4.78 is 5.22. The average Bonchev–Trinajstić information content (AvgIpc) is 2.73. The number of phenols is 1. The summed E-state index contributed by atoms with van der Waals surface area (Å²) in [5, 5.41) is 43.0. The number of rotatable bonds is 8. The molecule has 0 radical (unpaired) electrons. The van der Waals surface area contributed by atoms with Crippen LogP contribution in [-0.4, -0.2) is 82.3 Å². The van der Waals surface area contributed by atoms with Gasteiger partial charge in [-0.25, -0.2) is 0 Å². The molecule has 0 unspecified atom stereocenters. The minimum Gasteiger partial charge on any atom is -0.507 e. The van der Waals surface area contributed by atoms with Crippen LogP contribution >= 0.6 is 0 Å². The van der Waals surface area contributed by atoms with E-state index in [1.807, 2.05) is 0 Å². The predicted octanol–water partition coefficient (Wildman–Crippen LogP) is -0.333. The fraction of sp³-hybridized carbons (Fsp3) is 0.522. The normalized spacial score (nSPS) is 25.6. The number of carbonyl (C=O) groups is 3. The molecule has 1 aromatic rings. The zero-order chi connectivity index (χ0) is 24.7. The number of nitrogens with two attached hydrogens (primary N) is 1. The molecule has 0 spiro atoms. The number of aliphatic hydroxyl groups excluding tert-OH is 2. The monoisotopic (exact) mass is 462 g/mol. The smallest absolute Gasteiger partial charge is 0.225 e. The first-order valence-corrected chi connectivity index (χ1v) is 10.6.